The zero-order chi connectivity index (χ0) is 31.0. The zero-order valence-electron chi connectivity index (χ0n) is 25.4. The van der Waals surface area contributed by atoms with Gasteiger partial charge < -0.3 is 24.6 Å². The minimum Gasteiger partial charge on any atom is -0.508 e. The number of aliphatic hydroxyl groups is 1. The second kappa shape index (κ2) is 12.5. The Morgan fingerprint density at radius 3 is 2.44 bits per heavy atom. The molecule has 2 aromatic carbocycles. The molecule has 45 heavy (non-hydrogen) atoms. The van der Waals surface area contributed by atoms with E-state index >= 15 is 8.78 Å². The van der Waals surface area contributed by atoms with Crippen LogP contribution in [0.3, 0.4) is 0 Å². The standard InChI is InChI=1S/C34H39F2N5O4/c35-26-9-8-22-18-23(43)19-24(27(22)31(26)44-17-7-16-42)29-28(36)30-25(20-37-29)32(40-12-3-1-2-4-13-40)39-33(38-30)45-21-34-10-5-14-41(34)15-6-11-34/h8-9,18-20,42-43H,1-7,10-17,21H2. The first-order chi connectivity index (χ1) is 22.0. The van der Waals surface area contributed by atoms with Crippen molar-refractivity contribution in [1.82, 2.24) is 19.9 Å². The van der Waals surface area contributed by atoms with Gasteiger partial charge in [-0.1, -0.05) is 18.9 Å². The molecule has 0 saturated carbocycles. The van der Waals surface area contributed by atoms with Gasteiger partial charge in [0.2, 0.25) is 0 Å². The fraction of sp³-hybridized carbons (Fsp3) is 0.500. The number of fused-ring (bicyclic) bond motifs is 3. The summed E-state index contributed by atoms with van der Waals surface area (Å²) >= 11 is 0. The van der Waals surface area contributed by atoms with Gasteiger partial charge in [0.05, 0.1) is 17.5 Å². The van der Waals surface area contributed by atoms with Crippen LogP contribution in [0.5, 0.6) is 17.5 Å². The van der Waals surface area contributed by atoms with Gasteiger partial charge in [0.15, 0.2) is 17.4 Å². The normalized spacial score (nSPS) is 18.4. The van der Waals surface area contributed by atoms with Crippen LogP contribution < -0.4 is 14.4 Å². The van der Waals surface area contributed by atoms with Crippen LogP contribution in [-0.4, -0.2) is 81.6 Å². The van der Waals surface area contributed by atoms with Gasteiger partial charge in [0.25, 0.3) is 0 Å². The molecule has 9 nitrogen and oxygen atoms in total. The fourth-order valence-electron chi connectivity index (χ4n) is 7.42. The van der Waals surface area contributed by atoms with Gasteiger partial charge in [-0.25, -0.2) is 8.78 Å². The number of rotatable bonds is 9. The smallest absolute Gasteiger partial charge is 0.319 e. The average Bonchev–Trinajstić information content (AvgIpc) is 3.50. The summed E-state index contributed by atoms with van der Waals surface area (Å²) in [5.41, 5.74) is 0.114. The van der Waals surface area contributed by atoms with Gasteiger partial charge in [-0.2, -0.15) is 9.97 Å². The Balaban J connectivity index is 1.36. The highest BCUT2D eigenvalue weighted by Gasteiger charge is 2.45. The lowest BCUT2D eigenvalue weighted by Crippen LogP contribution is -2.43. The second-order valence-electron chi connectivity index (χ2n) is 12.5. The number of ether oxygens (including phenoxy) is 2. The van der Waals surface area contributed by atoms with Crippen LogP contribution in [0.1, 0.15) is 57.8 Å². The number of nitrogens with zero attached hydrogens (tertiary/aromatic N) is 5. The Kier molecular flexibility index (Phi) is 8.31. The summed E-state index contributed by atoms with van der Waals surface area (Å²) in [5, 5.41) is 21.1. The van der Waals surface area contributed by atoms with E-state index in [2.05, 4.69) is 19.8 Å². The molecule has 238 valence electrons. The quantitative estimate of drug-likeness (QED) is 0.219. The first kappa shape index (κ1) is 29.9. The Morgan fingerprint density at radius 2 is 1.69 bits per heavy atom. The van der Waals surface area contributed by atoms with Crippen LogP contribution >= 0.6 is 0 Å². The number of phenolic OH excluding ortho intramolecular Hbond substituents is 1. The van der Waals surface area contributed by atoms with Gasteiger partial charge in [-0.15, -0.1) is 0 Å². The summed E-state index contributed by atoms with van der Waals surface area (Å²) in [6.45, 7) is 4.09. The third-order valence-electron chi connectivity index (χ3n) is 9.64. The van der Waals surface area contributed by atoms with Crippen molar-refractivity contribution < 1.29 is 28.5 Å². The number of benzene rings is 2. The predicted octanol–water partition coefficient (Wildman–Crippen LogP) is 5.98. The third-order valence-corrected chi connectivity index (χ3v) is 9.64. The molecule has 0 spiro atoms. The maximum atomic E-state index is 16.8. The molecule has 3 saturated heterocycles. The number of anilines is 1. The molecule has 4 aromatic rings. The van der Waals surface area contributed by atoms with E-state index in [0.717, 1.165) is 77.5 Å². The van der Waals surface area contributed by atoms with E-state index in [1.807, 2.05) is 0 Å². The van der Waals surface area contributed by atoms with Crippen molar-refractivity contribution in [2.45, 2.75) is 63.3 Å². The van der Waals surface area contributed by atoms with Crippen LogP contribution in [-0.2, 0) is 0 Å². The Hall–Kier alpha value is -3.83. The molecule has 3 aliphatic rings. The summed E-state index contributed by atoms with van der Waals surface area (Å²) < 4.78 is 44.0. The van der Waals surface area contributed by atoms with E-state index < -0.39 is 11.6 Å². The largest absolute Gasteiger partial charge is 0.508 e. The molecule has 0 atom stereocenters. The van der Waals surface area contributed by atoms with Gasteiger partial charge in [-0.05, 0) is 75.2 Å². The molecule has 3 aliphatic heterocycles. The molecule has 3 fully saturated rings. The molecular formula is C34H39F2N5O4. The lowest BCUT2D eigenvalue weighted by atomic mass is 9.95. The SMILES string of the molecule is OCCCOc1c(F)ccc2cc(O)cc(-c3ncc4c(N5CCCCCC5)nc(OCC56CCCN5CCC6)nc4c3F)c12. The predicted molar refractivity (Wildman–Crippen MR) is 168 cm³/mol. The number of aromatic nitrogens is 3. The molecule has 0 bridgehead atoms. The number of phenols is 1. The van der Waals surface area contributed by atoms with Crippen molar-refractivity contribution in [2.75, 3.05) is 50.9 Å². The number of aliphatic hydroxyl groups excluding tert-OH is 1. The number of halogens is 2. The van der Waals surface area contributed by atoms with Crippen LogP contribution in [0.15, 0.2) is 30.5 Å². The van der Waals surface area contributed by atoms with Gasteiger partial charge >= 0.3 is 6.01 Å². The molecule has 0 amide bonds. The first-order valence-corrected chi connectivity index (χ1v) is 16.2. The Labute approximate surface area is 260 Å². The minimum atomic E-state index is -0.713. The molecule has 7 rings (SSSR count). The lowest BCUT2D eigenvalue weighted by molar-refractivity contribution is 0.108. The highest BCUT2D eigenvalue weighted by atomic mass is 19.1. The van der Waals surface area contributed by atoms with E-state index in [1.54, 1.807) is 6.20 Å². The molecule has 2 aromatic heterocycles. The maximum Gasteiger partial charge on any atom is 0.319 e. The van der Waals surface area contributed by atoms with E-state index in [4.69, 9.17) is 14.5 Å². The molecule has 11 heteroatoms. The minimum absolute atomic E-state index is 0.0278. The Morgan fingerprint density at radius 1 is 0.911 bits per heavy atom. The van der Waals surface area contributed by atoms with Crippen molar-refractivity contribution in [3.63, 3.8) is 0 Å². The molecule has 0 radical (unpaired) electrons. The van der Waals surface area contributed by atoms with E-state index in [9.17, 15) is 10.2 Å². The van der Waals surface area contributed by atoms with Crippen molar-refractivity contribution in [3.05, 3.63) is 42.1 Å². The van der Waals surface area contributed by atoms with Crippen LogP contribution in [0.25, 0.3) is 32.9 Å². The number of hydrogen-bond acceptors (Lipinski definition) is 9. The molecule has 0 unspecified atom stereocenters. The molecule has 2 N–H and O–H groups in total. The van der Waals surface area contributed by atoms with Gasteiger partial charge in [-0.3, -0.25) is 9.88 Å². The summed E-state index contributed by atoms with van der Waals surface area (Å²) in [5.74, 6) is -0.967. The van der Waals surface area contributed by atoms with Crippen molar-refractivity contribution >= 4 is 27.5 Å². The fourth-order valence-corrected chi connectivity index (χ4v) is 7.42. The third kappa shape index (κ3) is 5.61. The molecule has 5 heterocycles. The number of aromatic hydroxyl groups is 1. The number of hydrogen-bond donors (Lipinski definition) is 2. The van der Waals surface area contributed by atoms with Gasteiger partial charge in [0.1, 0.15) is 29.4 Å². The summed E-state index contributed by atoms with van der Waals surface area (Å²) in [7, 11) is 0. The summed E-state index contributed by atoms with van der Waals surface area (Å²) in [6.07, 6.45) is 10.5. The van der Waals surface area contributed by atoms with E-state index in [-0.39, 0.29) is 58.4 Å². The van der Waals surface area contributed by atoms with E-state index in [0.29, 0.717) is 29.6 Å². The zero-order valence-corrected chi connectivity index (χ0v) is 25.4. The van der Waals surface area contributed by atoms with Crippen molar-refractivity contribution in [1.29, 1.82) is 0 Å². The molecule has 0 aliphatic carbocycles. The Bertz CT molecular complexity index is 1700. The monoisotopic (exact) mass is 619 g/mol. The first-order valence-electron chi connectivity index (χ1n) is 16.2. The maximum absolute atomic E-state index is 16.8. The van der Waals surface area contributed by atoms with Crippen molar-refractivity contribution in [2.24, 2.45) is 0 Å². The van der Waals surface area contributed by atoms with Crippen molar-refractivity contribution in [3.8, 4) is 28.8 Å². The molecular weight excluding hydrogens is 580 g/mol. The number of pyridine rings is 1. The van der Waals surface area contributed by atoms with Crippen LogP contribution in [0.2, 0.25) is 0 Å². The average molecular weight is 620 g/mol. The topological polar surface area (TPSA) is 104 Å². The van der Waals surface area contributed by atoms with Crippen LogP contribution in [0.4, 0.5) is 14.6 Å². The van der Waals surface area contributed by atoms with Crippen LogP contribution in [0, 0.1) is 11.6 Å². The highest BCUT2D eigenvalue weighted by molar-refractivity contribution is 6.03. The lowest BCUT2D eigenvalue weighted by Gasteiger charge is -2.31. The highest BCUT2D eigenvalue weighted by Crippen LogP contribution is 2.42. The summed E-state index contributed by atoms with van der Waals surface area (Å²) in [4.78, 5) is 18.7. The second-order valence-corrected chi connectivity index (χ2v) is 12.5. The van der Waals surface area contributed by atoms with E-state index in [1.165, 1.54) is 24.3 Å². The summed E-state index contributed by atoms with van der Waals surface area (Å²) in [6, 6.07) is 5.71. The van der Waals surface area contributed by atoms with Gasteiger partial charge in [0, 0.05) is 43.3 Å².